The molecule has 0 bridgehead atoms. The van der Waals surface area contributed by atoms with Crippen LogP contribution in [-0.4, -0.2) is 17.6 Å². The maximum absolute atomic E-state index is 10.00. The molecule has 0 aliphatic heterocycles. The Morgan fingerprint density at radius 1 is 1.33 bits per heavy atom. The molecule has 0 saturated heterocycles. The first-order valence-electron chi connectivity index (χ1n) is 2.45. The van der Waals surface area contributed by atoms with Crippen molar-refractivity contribution in [3.05, 3.63) is 23.5 Å². The third-order valence-electron chi connectivity index (χ3n) is 0.991. The summed E-state index contributed by atoms with van der Waals surface area (Å²) in [7, 11) is 0. The molecule has 0 fully saturated rings. The lowest BCUT2D eigenvalue weighted by atomic mass is 10.3. The first-order chi connectivity index (χ1) is 4.36. The molecule has 0 spiro atoms. The van der Waals surface area contributed by atoms with Crippen molar-refractivity contribution in [3.63, 3.8) is 0 Å². The fourth-order valence-corrected chi connectivity index (χ4v) is 0.566. The molecular weight excluding hydrogens is 118 g/mol. The number of hydrogen-bond donors (Lipinski definition) is 1. The molecule has 1 rings (SSSR count). The van der Waals surface area contributed by atoms with E-state index in [-0.39, 0.29) is 0 Å². The van der Waals surface area contributed by atoms with Gasteiger partial charge in [0.1, 0.15) is 0 Å². The Hall–Kier alpha value is -1.38. The predicted octanol–water partition coefficient (Wildman–Crippen LogP) is 0.640. The molecule has 46 valence electrons. The molecule has 1 N–H and O–H groups in total. The van der Waals surface area contributed by atoms with Crippen molar-refractivity contribution >= 4 is 12.6 Å². The van der Waals surface area contributed by atoms with E-state index in [1.54, 1.807) is 0 Å². The van der Waals surface area contributed by atoms with Crippen LogP contribution in [0.2, 0.25) is 0 Å². The molecule has 0 radical (unpaired) electrons. The second-order valence-electron chi connectivity index (χ2n) is 1.62. The van der Waals surface area contributed by atoms with Gasteiger partial charge in [0, 0.05) is 11.8 Å². The first kappa shape index (κ1) is 5.75. The van der Waals surface area contributed by atoms with E-state index in [2.05, 4.69) is 4.98 Å². The van der Waals surface area contributed by atoms with Crippen LogP contribution in [-0.2, 0) is 0 Å². The van der Waals surface area contributed by atoms with Crippen molar-refractivity contribution in [2.75, 3.05) is 0 Å². The molecule has 1 aromatic heterocycles. The zero-order valence-corrected chi connectivity index (χ0v) is 4.63. The average molecular weight is 123 g/mol. The summed E-state index contributed by atoms with van der Waals surface area (Å²) in [5.74, 6) is 0. The molecule has 3 nitrogen and oxygen atoms in total. The molecule has 0 atom stereocenters. The third-order valence-corrected chi connectivity index (χ3v) is 0.991. The first-order valence-corrected chi connectivity index (χ1v) is 2.45. The number of nitrogens with one attached hydrogen (secondary N) is 1. The van der Waals surface area contributed by atoms with E-state index >= 15 is 0 Å². The summed E-state index contributed by atoms with van der Waals surface area (Å²) >= 11 is 0. The lowest BCUT2D eigenvalue weighted by Gasteiger charge is -1.70. The van der Waals surface area contributed by atoms with Crippen molar-refractivity contribution < 1.29 is 9.59 Å². The maximum atomic E-state index is 10.00. The standard InChI is InChI=1S/C6H5NO2/c8-3-5-1-6(4-9)7-2-5/h1-4,7H. The Kier molecular flexibility index (Phi) is 1.44. The van der Waals surface area contributed by atoms with Crippen molar-refractivity contribution in [1.29, 1.82) is 0 Å². The minimum absolute atomic E-state index is 0.428. The second-order valence-corrected chi connectivity index (χ2v) is 1.62. The molecule has 0 aliphatic carbocycles. The number of H-pyrrole nitrogens is 1. The number of carbonyl (C=O) groups is 2. The molecule has 0 amide bonds. The van der Waals surface area contributed by atoms with Gasteiger partial charge in [0.05, 0.1) is 5.69 Å². The minimum atomic E-state index is 0.428. The van der Waals surface area contributed by atoms with Gasteiger partial charge in [-0.2, -0.15) is 0 Å². The summed E-state index contributed by atoms with van der Waals surface area (Å²) in [5.41, 5.74) is 0.925. The van der Waals surface area contributed by atoms with Gasteiger partial charge in [-0.15, -0.1) is 0 Å². The van der Waals surface area contributed by atoms with E-state index in [9.17, 15) is 9.59 Å². The van der Waals surface area contributed by atoms with Gasteiger partial charge in [-0.25, -0.2) is 0 Å². The van der Waals surface area contributed by atoms with Gasteiger partial charge in [0.2, 0.25) is 0 Å². The summed E-state index contributed by atoms with van der Waals surface area (Å²) in [6.45, 7) is 0. The largest absolute Gasteiger partial charge is 0.358 e. The normalized spacial score (nSPS) is 8.89. The lowest BCUT2D eigenvalue weighted by Crippen LogP contribution is -1.73. The van der Waals surface area contributed by atoms with Crippen LogP contribution in [0.3, 0.4) is 0 Å². The highest BCUT2D eigenvalue weighted by atomic mass is 16.1. The Balaban J connectivity index is 2.98. The van der Waals surface area contributed by atoms with Crippen LogP contribution in [0.5, 0.6) is 0 Å². The fourth-order valence-electron chi connectivity index (χ4n) is 0.566. The van der Waals surface area contributed by atoms with Gasteiger partial charge in [-0.1, -0.05) is 0 Å². The van der Waals surface area contributed by atoms with Crippen molar-refractivity contribution in [2.45, 2.75) is 0 Å². The van der Waals surface area contributed by atoms with Crippen LogP contribution >= 0.6 is 0 Å². The van der Waals surface area contributed by atoms with E-state index in [0.29, 0.717) is 23.8 Å². The summed E-state index contributed by atoms with van der Waals surface area (Å²) < 4.78 is 0. The lowest BCUT2D eigenvalue weighted by molar-refractivity contribution is 0.111. The molecule has 0 unspecified atom stereocenters. The molecule has 1 aromatic rings. The van der Waals surface area contributed by atoms with Crippen LogP contribution in [0.4, 0.5) is 0 Å². The van der Waals surface area contributed by atoms with Crippen LogP contribution in [0.25, 0.3) is 0 Å². The van der Waals surface area contributed by atoms with E-state index in [4.69, 9.17) is 0 Å². The Bertz CT molecular complexity index is 204. The average Bonchev–Trinajstić information content (AvgIpc) is 2.34. The summed E-state index contributed by atoms with van der Waals surface area (Å²) in [6.07, 6.45) is 2.83. The second kappa shape index (κ2) is 2.26. The van der Waals surface area contributed by atoms with Crippen molar-refractivity contribution in [3.8, 4) is 0 Å². The number of carbonyl (C=O) groups excluding carboxylic acids is 2. The number of rotatable bonds is 2. The highest BCUT2D eigenvalue weighted by molar-refractivity contribution is 5.80. The molecule has 9 heavy (non-hydrogen) atoms. The Morgan fingerprint density at radius 3 is 2.44 bits per heavy atom. The highest BCUT2D eigenvalue weighted by Crippen LogP contribution is 1.95. The van der Waals surface area contributed by atoms with Crippen molar-refractivity contribution in [2.24, 2.45) is 0 Å². The van der Waals surface area contributed by atoms with Crippen LogP contribution in [0.1, 0.15) is 20.8 Å². The van der Waals surface area contributed by atoms with Crippen LogP contribution < -0.4 is 0 Å². The van der Waals surface area contributed by atoms with Crippen molar-refractivity contribution in [1.82, 2.24) is 4.98 Å². The van der Waals surface area contributed by atoms with Gasteiger partial charge < -0.3 is 4.98 Å². The van der Waals surface area contributed by atoms with E-state index < -0.39 is 0 Å². The minimum Gasteiger partial charge on any atom is -0.358 e. The van der Waals surface area contributed by atoms with Gasteiger partial charge in [-0.05, 0) is 6.07 Å². The summed E-state index contributed by atoms with van der Waals surface area (Å²) in [6, 6.07) is 1.49. The molecule has 0 saturated carbocycles. The zero-order chi connectivity index (χ0) is 6.69. The smallest absolute Gasteiger partial charge is 0.166 e. The molecule has 3 heteroatoms. The zero-order valence-electron chi connectivity index (χ0n) is 4.63. The molecule has 0 aliphatic rings. The fraction of sp³-hybridized carbons (Fsp3) is 0. The van der Waals surface area contributed by atoms with E-state index in [0.717, 1.165) is 0 Å². The number of aromatic nitrogens is 1. The summed E-state index contributed by atoms with van der Waals surface area (Å²) in [4.78, 5) is 22.6. The number of aldehydes is 2. The quantitative estimate of drug-likeness (QED) is 0.586. The number of aromatic amines is 1. The maximum Gasteiger partial charge on any atom is 0.166 e. The predicted molar refractivity (Wildman–Crippen MR) is 31.6 cm³/mol. The van der Waals surface area contributed by atoms with E-state index in [1.807, 2.05) is 0 Å². The van der Waals surface area contributed by atoms with Gasteiger partial charge in [0.25, 0.3) is 0 Å². The van der Waals surface area contributed by atoms with Gasteiger partial charge in [0.15, 0.2) is 12.6 Å². The monoisotopic (exact) mass is 123 g/mol. The summed E-state index contributed by atoms with van der Waals surface area (Å²) in [5, 5.41) is 0. The molecular formula is C6H5NO2. The topological polar surface area (TPSA) is 49.9 Å². The Morgan fingerprint density at radius 2 is 2.11 bits per heavy atom. The van der Waals surface area contributed by atoms with Crippen LogP contribution in [0.15, 0.2) is 12.3 Å². The molecule has 1 heterocycles. The van der Waals surface area contributed by atoms with Gasteiger partial charge >= 0.3 is 0 Å². The third kappa shape index (κ3) is 1.05. The number of hydrogen-bond acceptors (Lipinski definition) is 2. The van der Waals surface area contributed by atoms with Crippen LogP contribution in [0, 0.1) is 0 Å². The molecule has 0 aromatic carbocycles. The SMILES string of the molecule is O=Cc1c[nH]c(C=O)c1. The van der Waals surface area contributed by atoms with E-state index in [1.165, 1.54) is 12.3 Å². The Labute approximate surface area is 51.7 Å². The van der Waals surface area contributed by atoms with Gasteiger partial charge in [-0.3, -0.25) is 9.59 Å². The highest BCUT2D eigenvalue weighted by Gasteiger charge is 1.92.